The lowest BCUT2D eigenvalue weighted by Crippen LogP contribution is -2.51. The van der Waals surface area contributed by atoms with E-state index >= 15 is 19.2 Å². The minimum atomic E-state index is -1.80. The molecule has 8 amide bonds. The van der Waals surface area contributed by atoms with Gasteiger partial charge in [-0.25, -0.2) is 34.3 Å². The van der Waals surface area contributed by atoms with Crippen molar-refractivity contribution in [1.82, 2.24) is 102 Å². The summed E-state index contributed by atoms with van der Waals surface area (Å²) >= 11 is 0. The number of rotatable bonds is 68. The minimum absolute atomic E-state index is 0.00873. The molecule has 2 aromatic carbocycles. The van der Waals surface area contributed by atoms with Crippen molar-refractivity contribution in [2.75, 3.05) is 91.6 Å². The molecule has 816 valence electrons. The molecule has 2 aliphatic rings. The third kappa shape index (κ3) is 43.9. The molecule has 0 bridgehead atoms. The topological polar surface area (TPSA) is 802 Å². The van der Waals surface area contributed by atoms with Crippen LogP contribution in [0.2, 0.25) is 0 Å². The second kappa shape index (κ2) is 62.0. The Morgan fingerprint density at radius 2 is 0.653 bits per heavy atom. The molecule has 8 rings (SSSR count). The zero-order valence-electron chi connectivity index (χ0n) is 82.7. The van der Waals surface area contributed by atoms with E-state index in [1.165, 1.54) is 64.8 Å². The summed E-state index contributed by atoms with van der Waals surface area (Å²) in [6.07, 6.45) is 1.45. The highest BCUT2D eigenvalue weighted by atomic mass is 16.4. The van der Waals surface area contributed by atoms with Crippen molar-refractivity contribution in [3.63, 3.8) is 0 Å². The number of carbonyl (C=O) groups is 22. The summed E-state index contributed by atoms with van der Waals surface area (Å²) in [6.45, 7) is -1.70. The molecule has 5 heterocycles. The largest absolute Gasteiger partial charge is 0.481 e. The summed E-state index contributed by atoms with van der Waals surface area (Å²) < 4.78 is 0. The Morgan fingerprint density at radius 1 is 0.327 bits per heavy atom. The number of nitrogens with zero attached hydrogens (tertiary/aromatic N) is 8. The second-order valence-corrected chi connectivity index (χ2v) is 37.7. The van der Waals surface area contributed by atoms with Crippen molar-refractivity contribution in [2.24, 2.45) is 41.4 Å². The molecule has 0 radical (unpaired) electrons. The predicted octanol–water partition coefficient (Wildman–Crippen LogP) is 0.276. The monoisotopic (exact) mass is 2100 g/mol. The van der Waals surface area contributed by atoms with Gasteiger partial charge in [-0.3, -0.25) is 111 Å². The summed E-state index contributed by atoms with van der Waals surface area (Å²) in [6, 6.07) is 2.09. The first-order valence-electron chi connectivity index (χ1n) is 49.4. The van der Waals surface area contributed by atoms with E-state index in [0.29, 0.717) is 31.4 Å². The van der Waals surface area contributed by atoms with Gasteiger partial charge in [0.25, 0.3) is 0 Å². The summed E-state index contributed by atoms with van der Waals surface area (Å²) in [5.41, 5.74) is 1.56. The fraction of sp³-hybridized carbons (Fsp3) is 0.551. The third-order valence-electron chi connectivity index (χ3n) is 26.2. The molecule has 52 nitrogen and oxygen atoms in total. The Morgan fingerprint density at radius 3 is 1.00 bits per heavy atom. The molecular formula is C98H132N20O32. The van der Waals surface area contributed by atoms with E-state index < -0.39 is 319 Å². The van der Waals surface area contributed by atoms with Crippen LogP contribution in [-0.4, -0.2) is 368 Å². The first-order chi connectivity index (χ1) is 71.5. The number of aliphatic carboxylic acids is 10. The zero-order valence-corrected chi connectivity index (χ0v) is 82.7. The van der Waals surface area contributed by atoms with Crippen molar-refractivity contribution in [3.8, 4) is 0 Å². The van der Waals surface area contributed by atoms with Crippen molar-refractivity contribution in [1.29, 1.82) is 0 Å². The Bertz CT molecular complexity index is 5550. The van der Waals surface area contributed by atoms with Crippen LogP contribution in [0.25, 0.3) is 10.8 Å². The van der Waals surface area contributed by atoms with Gasteiger partial charge in [0.2, 0.25) is 35.4 Å². The number of unbranched alkanes of at least 4 members (excludes halogenated alkanes) is 1. The maximum absolute atomic E-state index is 15.1. The van der Waals surface area contributed by atoms with Gasteiger partial charge >= 0.3 is 65.7 Å². The van der Waals surface area contributed by atoms with Crippen LogP contribution in [0.3, 0.4) is 0 Å². The second-order valence-electron chi connectivity index (χ2n) is 37.7. The number of aromatic amines is 4. The molecular weight excluding hydrogens is 1970 g/mol. The first kappa shape index (κ1) is 120. The number of carbonyl (C=O) groups excluding carboxylic acids is 12. The van der Waals surface area contributed by atoms with Gasteiger partial charge in [0.1, 0.15) is 17.9 Å². The van der Waals surface area contributed by atoms with Gasteiger partial charge in [-0.15, -0.1) is 0 Å². The lowest BCUT2D eigenvalue weighted by Gasteiger charge is -2.33. The number of carboxylic acids is 10. The summed E-state index contributed by atoms with van der Waals surface area (Å²) in [5.74, 6) is -30.2. The Balaban J connectivity index is 0.935. The maximum Gasteiger partial charge on any atom is 0.326 e. The number of amides is 8. The van der Waals surface area contributed by atoms with Crippen molar-refractivity contribution >= 4 is 141 Å². The maximum atomic E-state index is 15.1. The minimum Gasteiger partial charge on any atom is -0.481 e. The number of carboxylic acid groups (broad SMARTS) is 10. The van der Waals surface area contributed by atoms with Gasteiger partial charge in [0.05, 0.1) is 122 Å². The van der Waals surface area contributed by atoms with Gasteiger partial charge in [0, 0.05) is 192 Å². The number of benzene rings is 2. The highest BCUT2D eigenvalue weighted by Crippen LogP contribution is 2.33. The van der Waals surface area contributed by atoms with E-state index in [2.05, 4.69) is 82.4 Å². The number of urea groups is 1. The van der Waals surface area contributed by atoms with Gasteiger partial charge < -0.3 is 114 Å². The number of fused-ring (bicyclic) bond motifs is 1. The number of aromatic nitrogens is 8. The molecule has 150 heavy (non-hydrogen) atoms. The molecule has 1 saturated heterocycles. The Labute approximate surface area is 859 Å². The van der Waals surface area contributed by atoms with Crippen LogP contribution in [0.15, 0.2) is 92.6 Å². The smallest absolute Gasteiger partial charge is 0.326 e. The van der Waals surface area contributed by atoms with E-state index in [0.717, 1.165) is 16.3 Å². The fourth-order valence-corrected chi connectivity index (χ4v) is 18.0. The van der Waals surface area contributed by atoms with Crippen LogP contribution < -0.4 is 42.5 Å². The standard InChI is InChI=1S/C98H132N20O32/c119-77(39-62(34-58-10-11-59-5-1-2-6-61(59)33-58)91(141)103-24-4-3-7-75(96(146)147)113-98(150)114-76(97(148)149)18-23-87(133)134)60-12-8-57(9-13-60)44-104-92(142)63(35-67-45-99-53-105-67)40-79(121)72(15-20-84(127)128)110-94(144)65(37-69-47-101-55-107-69)42-81(123)74(17-22-86(131)132)112-95(145)66(38-70-48-102-56-108-70)43-80(122)73(16-21-85(129)130)111-93(143)64(36-68-46-100-54-106-68)41-78(120)71(14-19-83(125)126)109-82(124)49-115-25-27-116(50-88(135)136)29-31-118(52-90(139)140)32-30-117(28-26-115)51-89(137)138/h1-2,5-6,10-11,33,45-48,53-57,60,62-66,71-76H,3-4,7-9,12-32,34-44,49-52H2,(H,99,105)(H,100,106)(H,101,107)(H,102,108)(H,103,141)(H,104,142)(H,109,124)(H,110,144)(H,111,143)(H,112,145)(H,125,126)(H,127,128)(H,129,130)(H,131,132)(H,133,134)(H,135,136)(H,137,138)(H,139,140)(H,146,147)(H,148,149)(H2,113,114,150)/t57?,60?,62-,63-,64-,65-,66-,71+,72+,73+,74+,75+,76+/m1/s1. The van der Waals surface area contributed by atoms with Crippen molar-refractivity contribution in [2.45, 2.75) is 210 Å². The lowest BCUT2D eigenvalue weighted by molar-refractivity contribution is -0.141. The number of hydrogen-bond donors (Lipinski definition) is 22. The number of imidazole rings is 4. The molecule has 1 aliphatic carbocycles. The molecule has 1 saturated carbocycles. The van der Waals surface area contributed by atoms with Gasteiger partial charge in [-0.2, -0.15) is 0 Å². The molecule has 52 heteroatoms. The number of nitrogens with one attached hydrogen (secondary N) is 12. The Hall–Kier alpha value is -15.5. The van der Waals surface area contributed by atoms with E-state index in [1.54, 1.807) is 4.90 Å². The summed E-state index contributed by atoms with van der Waals surface area (Å²) in [4.78, 5) is 328. The molecule has 6 aromatic rings. The third-order valence-corrected chi connectivity index (χ3v) is 26.2. The molecule has 11 atom stereocenters. The zero-order chi connectivity index (χ0) is 109. The molecule has 2 fully saturated rings. The SMILES string of the molecule is O=C(O)CC[C@H](NC(=O)N[C@@H](CCCCNC(=O)[C@@H](CC(=O)C1CCC(CNC(=O)[C@@H](CC(=O)[C@H](CCC(=O)O)NC(=O)[C@@H](CC(=O)[C@H](CCC(=O)O)NC(=O)[C@@H](CC(=O)[C@H](CCC(=O)O)NC(=O)[C@@H](CC(=O)[C@H](CCC(=O)O)NC(=O)CN2CCN(CC(=O)O)CCN(CC(=O)O)CCN(CC(=O)O)CC2)Cc2c[nH]cn2)Cc2c[nH]cn2)Cc2c[nH]cn2)Cc2c[nH]cn2)CC1)Cc1ccc2ccccc2c1)C(=O)O)C(=O)O. The number of H-pyrrole nitrogens is 4. The van der Waals surface area contributed by atoms with Crippen LogP contribution in [0.5, 0.6) is 0 Å². The number of Topliss-reactive ketones (excluding diaryl/α,β-unsaturated/α-hetero) is 5. The fourth-order valence-electron chi connectivity index (χ4n) is 18.0. The normalized spacial score (nSPS) is 16.6. The van der Waals surface area contributed by atoms with Crippen LogP contribution in [0.4, 0.5) is 4.79 Å². The van der Waals surface area contributed by atoms with E-state index in [9.17, 15) is 132 Å². The lowest BCUT2D eigenvalue weighted by atomic mass is 9.77. The van der Waals surface area contributed by atoms with Crippen LogP contribution in [0, 0.1) is 41.4 Å². The number of ketones is 5. The quantitative estimate of drug-likeness (QED) is 0.0228. The van der Waals surface area contributed by atoms with Crippen LogP contribution in [-0.2, 0) is 133 Å². The summed E-state index contributed by atoms with van der Waals surface area (Å²) in [5, 5.41) is 120. The highest BCUT2D eigenvalue weighted by molar-refractivity contribution is 5.99. The molecule has 0 spiro atoms. The van der Waals surface area contributed by atoms with E-state index in [4.69, 9.17) is 5.11 Å². The Kier molecular flexibility index (Phi) is 49.5. The van der Waals surface area contributed by atoms with Gasteiger partial charge in [0.15, 0.2) is 23.1 Å². The summed E-state index contributed by atoms with van der Waals surface area (Å²) in [7, 11) is 0. The van der Waals surface area contributed by atoms with Gasteiger partial charge in [-0.05, 0) is 106 Å². The van der Waals surface area contributed by atoms with Gasteiger partial charge in [-0.1, -0.05) is 42.5 Å². The molecule has 0 unspecified atom stereocenters. The van der Waals surface area contributed by atoms with Crippen LogP contribution in [0.1, 0.15) is 170 Å². The van der Waals surface area contributed by atoms with Crippen molar-refractivity contribution < 1.29 is 157 Å². The van der Waals surface area contributed by atoms with Crippen molar-refractivity contribution in [3.05, 3.63) is 121 Å². The average molecular weight is 2100 g/mol. The molecule has 22 N–H and O–H groups in total. The molecule has 1 aliphatic heterocycles. The van der Waals surface area contributed by atoms with Crippen LogP contribution >= 0.6 is 0 Å². The molecule has 4 aromatic heterocycles. The highest BCUT2D eigenvalue weighted by Gasteiger charge is 2.40. The number of hydrogen-bond acceptors (Lipinski definition) is 30. The van der Waals surface area contributed by atoms with E-state index in [1.807, 2.05) is 42.5 Å². The predicted molar refractivity (Wildman–Crippen MR) is 523 cm³/mol. The average Bonchev–Trinajstić information content (AvgIpc) is 1.37. The van der Waals surface area contributed by atoms with E-state index in [-0.39, 0.29) is 146 Å². The first-order valence-corrected chi connectivity index (χ1v) is 49.4.